The molecule has 4 aliphatic carbocycles. The van der Waals surface area contributed by atoms with Crippen LogP contribution in [0.1, 0.15) is 44.1 Å². The first kappa shape index (κ1) is 21.0. The van der Waals surface area contributed by atoms with Crippen LogP contribution in [0, 0.1) is 17.8 Å². The molecule has 34 heavy (non-hydrogen) atoms. The molecular weight excluding hydrogens is 428 g/mol. The predicted octanol–water partition coefficient (Wildman–Crippen LogP) is 6.31. The molecule has 0 aliphatic heterocycles. The molecule has 6 nitrogen and oxygen atoms in total. The largest absolute Gasteiger partial charge is 0.506 e. The Morgan fingerprint density at radius 1 is 0.647 bits per heavy atom. The van der Waals surface area contributed by atoms with Crippen LogP contribution in [0.4, 0.5) is 11.4 Å². The van der Waals surface area contributed by atoms with Crippen molar-refractivity contribution in [2.24, 2.45) is 17.8 Å². The van der Waals surface area contributed by atoms with Crippen LogP contribution >= 0.6 is 0 Å². The summed E-state index contributed by atoms with van der Waals surface area (Å²) >= 11 is 0. The average molecular weight is 459 g/mol. The van der Waals surface area contributed by atoms with Crippen LogP contribution in [0.25, 0.3) is 0 Å². The minimum atomic E-state index is 0.00178. The number of nitrogen functional groups attached to an aromatic ring is 2. The second kappa shape index (κ2) is 7.76. The molecule has 0 amide bonds. The molecule has 6 N–H and O–H groups in total. The van der Waals surface area contributed by atoms with Crippen molar-refractivity contribution in [3.8, 4) is 34.5 Å². The second-order valence-corrected chi connectivity index (χ2v) is 10.5. The standard InChI is InChI=1S/C28H30N2O4/c29-23-4-1-20(11-25(23)31)33-19-3-6-27(34-21-2-5-24(30)26(32)12-21)22(10-19)28-13-16-7-17(14-28)9-18(8-16)15-28/h1-6,10-12,16-18,31-32H,7-9,13-15,29-30H2. The van der Waals surface area contributed by atoms with Crippen molar-refractivity contribution < 1.29 is 19.7 Å². The van der Waals surface area contributed by atoms with E-state index in [-0.39, 0.29) is 16.9 Å². The number of ether oxygens (including phenoxy) is 2. The van der Waals surface area contributed by atoms with Gasteiger partial charge in [0, 0.05) is 17.7 Å². The number of benzene rings is 3. The second-order valence-electron chi connectivity index (χ2n) is 10.5. The smallest absolute Gasteiger partial charge is 0.142 e. The summed E-state index contributed by atoms with van der Waals surface area (Å²) < 4.78 is 12.5. The highest BCUT2D eigenvalue weighted by atomic mass is 16.5. The summed E-state index contributed by atoms with van der Waals surface area (Å²) in [6.07, 6.45) is 7.57. The van der Waals surface area contributed by atoms with Gasteiger partial charge < -0.3 is 31.2 Å². The lowest BCUT2D eigenvalue weighted by Crippen LogP contribution is -2.48. The number of aromatic hydroxyl groups is 2. The van der Waals surface area contributed by atoms with Crippen LogP contribution in [-0.4, -0.2) is 10.2 Å². The summed E-state index contributed by atoms with van der Waals surface area (Å²) in [7, 11) is 0. The van der Waals surface area contributed by atoms with Crippen LogP contribution in [0.5, 0.6) is 34.5 Å². The summed E-state index contributed by atoms with van der Waals surface area (Å²) in [5.74, 6) is 4.91. The maximum absolute atomic E-state index is 10.1. The van der Waals surface area contributed by atoms with Crippen molar-refractivity contribution in [2.75, 3.05) is 11.5 Å². The van der Waals surface area contributed by atoms with Crippen LogP contribution in [0.2, 0.25) is 0 Å². The minimum Gasteiger partial charge on any atom is -0.506 e. The number of phenolic OH excluding ortho intramolecular Hbond substituents is 2. The number of anilines is 2. The Kier molecular flexibility index (Phi) is 4.80. The van der Waals surface area contributed by atoms with Crippen molar-refractivity contribution in [1.82, 2.24) is 0 Å². The lowest BCUT2D eigenvalue weighted by molar-refractivity contribution is -0.00605. The van der Waals surface area contributed by atoms with Gasteiger partial charge in [0.1, 0.15) is 34.5 Å². The van der Waals surface area contributed by atoms with Crippen molar-refractivity contribution in [2.45, 2.75) is 43.9 Å². The maximum Gasteiger partial charge on any atom is 0.142 e. The van der Waals surface area contributed by atoms with E-state index in [1.165, 1.54) is 50.2 Å². The molecule has 0 atom stereocenters. The summed E-state index contributed by atoms with van der Waals surface area (Å²) in [5.41, 5.74) is 13.4. The summed E-state index contributed by atoms with van der Waals surface area (Å²) in [5, 5.41) is 20.1. The Hall–Kier alpha value is -3.54. The molecule has 0 heterocycles. The van der Waals surface area contributed by atoms with Gasteiger partial charge >= 0.3 is 0 Å². The monoisotopic (exact) mass is 458 g/mol. The summed E-state index contributed by atoms with van der Waals surface area (Å²) in [6, 6.07) is 15.8. The van der Waals surface area contributed by atoms with Gasteiger partial charge in [-0.05, 0) is 104 Å². The van der Waals surface area contributed by atoms with Gasteiger partial charge in [0.25, 0.3) is 0 Å². The Balaban J connectivity index is 1.39. The quantitative estimate of drug-likeness (QED) is 0.263. The lowest BCUT2D eigenvalue weighted by Gasteiger charge is -2.57. The molecule has 0 spiro atoms. The van der Waals surface area contributed by atoms with Gasteiger partial charge in [-0.15, -0.1) is 0 Å². The highest BCUT2D eigenvalue weighted by Crippen LogP contribution is 2.62. The van der Waals surface area contributed by atoms with E-state index in [9.17, 15) is 10.2 Å². The van der Waals surface area contributed by atoms with Gasteiger partial charge in [-0.2, -0.15) is 0 Å². The molecular formula is C28H30N2O4. The van der Waals surface area contributed by atoms with Gasteiger partial charge in [0.15, 0.2) is 0 Å². The van der Waals surface area contributed by atoms with Crippen LogP contribution in [-0.2, 0) is 5.41 Å². The van der Waals surface area contributed by atoms with E-state index in [1.54, 1.807) is 30.3 Å². The van der Waals surface area contributed by atoms with E-state index in [1.807, 2.05) is 12.1 Å². The fourth-order valence-corrected chi connectivity index (χ4v) is 6.95. The Bertz CT molecular complexity index is 1220. The zero-order chi connectivity index (χ0) is 23.4. The number of nitrogens with two attached hydrogens (primary N) is 2. The van der Waals surface area contributed by atoms with E-state index in [0.29, 0.717) is 28.6 Å². The topological polar surface area (TPSA) is 111 Å². The molecule has 0 radical (unpaired) electrons. The highest BCUT2D eigenvalue weighted by molar-refractivity contribution is 5.57. The van der Waals surface area contributed by atoms with E-state index in [2.05, 4.69) is 6.07 Å². The third-order valence-corrected chi connectivity index (χ3v) is 8.03. The lowest BCUT2D eigenvalue weighted by atomic mass is 9.48. The number of hydrogen-bond donors (Lipinski definition) is 4. The van der Waals surface area contributed by atoms with Crippen molar-refractivity contribution in [3.63, 3.8) is 0 Å². The first-order valence-electron chi connectivity index (χ1n) is 12.0. The van der Waals surface area contributed by atoms with Crippen LogP contribution < -0.4 is 20.9 Å². The van der Waals surface area contributed by atoms with Crippen molar-refractivity contribution in [1.29, 1.82) is 0 Å². The Morgan fingerprint density at radius 3 is 1.65 bits per heavy atom. The highest BCUT2D eigenvalue weighted by Gasteiger charge is 2.52. The molecule has 4 fully saturated rings. The third-order valence-electron chi connectivity index (χ3n) is 8.03. The van der Waals surface area contributed by atoms with Gasteiger partial charge in [-0.1, -0.05) is 0 Å². The summed E-state index contributed by atoms with van der Waals surface area (Å²) in [6.45, 7) is 0. The van der Waals surface area contributed by atoms with Gasteiger partial charge in [0.2, 0.25) is 0 Å². The Labute approximate surface area is 199 Å². The SMILES string of the molecule is Nc1ccc(Oc2ccc(Oc3ccc(N)c(O)c3)c(C34CC5CC(CC(C5)C3)C4)c2)cc1O. The zero-order valence-electron chi connectivity index (χ0n) is 19.0. The zero-order valence-corrected chi connectivity index (χ0v) is 19.0. The summed E-state index contributed by atoms with van der Waals surface area (Å²) in [4.78, 5) is 0. The molecule has 0 unspecified atom stereocenters. The Morgan fingerprint density at radius 2 is 1.12 bits per heavy atom. The van der Waals surface area contributed by atoms with Crippen LogP contribution in [0.15, 0.2) is 54.6 Å². The number of phenols is 2. The van der Waals surface area contributed by atoms with Gasteiger partial charge in [-0.25, -0.2) is 0 Å². The van der Waals surface area contributed by atoms with Gasteiger partial charge in [0.05, 0.1) is 11.4 Å². The first-order chi connectivity index (χ1) is 16.4. The normalized spacial score (nSPS) is 27.0. The molecule has 3 aromatic carbocycles. The molecule has 3 aromatic rings. The molecule has 0 aromatic heterocycles. The van der Waals surface area contributed by atoms with E-state index in [0.717, 1.165) is 23.5 Å². The van der Waals surface area contributed by atoms with Crippen molar-refractivity contribution in [3.05, 3.63) is 60.2 Å². The molecule has 7 rings (SSSR count). The van der Waals surface area contributed by atoms with Crippen LogP contribution in [0.3, 0.4) is 0 Å². The van der Waals surface area contributed by atoms with Crippen molar-refractivity contribution >= 4 is 11.4 Å². The molecule has 4 saturated carbocycles. The maximum atomic E-state index is 10.1. The predicted molar refractivity (Wildman–Crippen MR) is 131 cm³/mol. The third kappa shape index (κ3) is 3.67. The molecule has 0 saturated heterocycles. The van der Waals surface area contributed by atoms with E-state index in [4.69, 9.17) is 20.9 Å². The van der Waals surface area contributed by atoms with E-state index < -0.39 is 0 Å². The fraction of sp³-hybridized carbons (Fsp3) is 0.357. The number of rotatable bonds is 5. The molecule has 6 heteroatoms. The molecule has 4 aliphatic rings. The first-order valence-corrected chi connectivity index (χ1v) is 12.0. The molecule has 176 valence electrons. The molecule has 4 bridgehead atoms. The minimum absolute atomic E-state index is 0.00178. The number of hydrogen-bond acceptors (Lipinski definition) is 6. The van der Waals surface area contributed by atoms with Gasteiger partial charge in [-0.3, -0.25) is 0 Å². The van der Waals surface area contributed by atoms with E-state index >= 15 is 0 Å². The average Bonchev–Trinajstić information content (AvgIpc) is 2.79. The fourth-order valence-electron chi connectivity index (χ4n) is 6.95.